The van der Waals surface area contributed by atoms with Gasteiger partial charge in [0.25, 0.3) is 0 Å². The Balaban J connectivity index is 1.74. The van der Waals surface area contributed by atoms with Gasteiger partial charge in [0.2, 0.25) is 0 Å². The van der Waals surface area contributed by atoms with Gasteiger partial charge in [-0.15, -0.1) is 0 Å². The monoisotopic (exact) mass is 400 g/mol. The van der Waals surface area contributed by atoms with E-state index in [9.17, 15) is 9.59 Å². The van der Waals surface area contributed by atoms with Crippen LogP contribution in [0.1, 0.15) is 58.1 Å². The second-order valence-corrected chi connectivity index (χ2v) is 8.87. The summed E-state index contributed by atoms with van der Waals surface area (Å²) in [6, 6.07) is 9.19. The van der Waals surface area contributed by atoms with Gasteiger partial charge in [0, 0.05) is 6.54 Å². The summed E-state index contributed by atoms with van der Waals surface area (Å²) in [5.74, 6) is 0.366. The zero-order chi connectivity index (χ0) is 21.0. The average Bonchev–Trinajstić information content (AvgIpc) is 3.02. The molecule has 0 aromatic heterocycles. The minimum atomic E-state index is -0.580. The predicted octanol–water partition coefficient (Wildman–Crippen LogP) is 4.82. The smallest absolute Gasteiger partial charge is 0.410 e. The Hall–Kier alpha value is -2.50. The van der Waals surface area contributed by atoms with E-state index in [1.54, 1.807) is 11.0 Å². The van der Waals surface area contributed by atoms with Crippen molar-refractivity contribution in [2.45, 2.75) is 70.2 Å². The van der Waals surface area contributed by atoms with Crippen molar-refractivity contribution < 1.29 is 19.1 Å². The van der Waals surface area contributed by atoms with Gasteiger partial charge in [0.15, 0.2) is 0 Å². The van der Waals surface area contributed by atoms with Crippen molar-refractivity contribution in [3.05, 3.63) is 48.6 Å². The molecule has 1 aliphatic carbocycles. The largest absolute Gasteiger partial charge is 0.444 e. The zero-order valence-corrected chi connectivity index (χ0v) is 17.6. The normalized spacial score (nSPS) is 23.1. The van der Waals surface area contributed by atoms with Crippen molar-refractivity contribution in [3.8, 4) is 0 Å². The molecule has 2 aliphatic rings. The van der Waals surface area contributed by atoms with Crippen molar-refractivity contribution in [1.82, 2.24) is 10.2 Å². The van der Waals surface area contributed by atoms with Crippen LogP contribution in [0.3, 0.4) is 0 Å². The highest BCUT2D eigenvalue weighted by Gasteiger charge is 2.41. The maximum absolute atomic E-state index is 13.0. The Labute approximate surface area is 173 Å². The minimum Gasteiger partial charge on any atom is -0.444 e. The summed E-state index contributed by atoms with van der Waals surface area (Å²) in [7, 11) is 0. The SMILES string of the molecule is C=CC(OC(=O)N1CC[C@@H](NC(=O)OC(C)(C)C)[C@@H]1c1ccccc1)C1CCC1. The van der Waals surface area contributed by atoms with Gasteiger partial charge in [0.1, 0.15) is 11.7 Å². The first kappa shape index (κ1) is 21.2. The molecule has 1 saturated carbocycles. The van der Waals surface area contributed by atoms with Crippen molar-refractivity contribution >= 4 is 12.2 Å². The maximum Gasteiger partial charge on any atom is 0.410 e. The number of amides is 2. The molecule has 1 aromatic rings. The molecule has 6 heteroatoms. The summed E-state index contributed by atoms with van der Waals surface area (Å²) in [5.41, 5.74) is 0.380. The Bertz CT molecular complexity index is 724. The van der Waals surface area contributed by atoms with E-state index in [1.807, 2.05) is 51.1 Å². The predicted molar refractivity (Wildman–Crippen MR) is 111 cm³/mol. The number of benzene rings is 1. The lowest BCUT2D eigenvalue weighted by molar-refractivity contribution is 0.0310. The van der Waals surface area contributed by atoms with Gasteiger partial charge >= 0.3 is 12.2 Å². The molecule has 1 N–H and O–H groups in total. The summed E-state index contributed by atoms with van der Waals surface area (Å²) in [5, 5.41) is 2.95. The van der Waals surface area contributed by atoms with Gasteiger partial charge in [-0.05, 0) is 51.5 Å². The van der Waals surface area contributed by atoms with Crippen molar-refractivity contribution in [3.63, 3.8) is 0 Å². The van der Waals surface area contributed by atoms with Crippen LogP contribution < -0.4 is 5.32 Å². The first-order valence-corrected chi connectivity index (χ1v) is 10.4. The van der Waals surface area contributed by atoms with Crippen LogP contribution in [0.5, 0.6) is 0 Å². The number of alkyl carbamates (subject to hydrolysis) is 1. The summed E-state index contributed by atoms with van der Waals surface area (Å²) < 4.78 is 11.2. The van der Waals surface area contributed by atoms with E-state index in [-0.39, 0.29) is 24.3 Å². The fraction of sp³-hybridized carbons (Fsp3) is 0.565. The van der Waals surface area contributed by atoms with Crippen LogP contribution in [0, 0.1) is 5.92 Å². The molecule has 3 rings (SSSR count). The van der Waals surface area contributed by atoms with Crippen molar-refractivity contribution in [1.29, 1.82) is 0 Å². The molecule has 1 heterocycles. The first-order valence-electron chi connectivity index (χ1n) is 10.4. The number of hydrogen-bond donors (Lipinski definition) is 1. The van der Waals surface area contributed by atoms with E-state index in [2.05, 4.69) is 11.9 Å². The van der Waals surface area contributed by atoms with Crippen LogP contribution in [0.25, 0.3) is 0 Å². The molecular weight excluding hydrogens is 368 g/mol. The van der Waals surface area contributed by atoms with Gasteiger partial charge in [-0.2, -0.15) is 0 Å². The standard InChI is InChI=1S/C23H32N2O4/c1-5-19(16-12-9-13-16)28-22(27)25-15-14-18(24-21(26)29-23(2,3)4)20(25)17-10-7-6-8-11-17/h5-8,10-11,16,18-20H,1,9,12-15H2,2-4H3,(H,24,26)/t18-,19?,20+/m1/s1. The molecule has 2 amide bonds. The van der Waals surface area contributed by atoms with E-state index in [0.717, 1.165) is 18.4 Å². The second kappa shape index (κ2) is 8.89. The van der Waals surface area contributed by atoms with E-state index < -0.39 is 11.7 Å². The number of rotatable bonds is 5. The topological polar surface area (TPSA) is 67.9 Å². The molecular formula is C23H32N2O4. The van der Waals surface area contributed by atoms with Crippen LogP contribution in [-0.2, 0) is 9.47 Å². The minimum absolute atomic E-state index is 0.245. The molecule has 1 aromatic carbocycles. The first-order chi connectivity index (χ1) is 13.8. The number of likely N-dealkylation sites (tertiary alicyclic amines) is 1. The third-order valence-corrected chi connectivity index (χ3v) is 5.56. The number of nitrogens with zero attached hydrogens (tertiary/aromatic N) is 1. The fourth-order valence-electron chi connectivity index (χ4n) is 3.96. The van der Waals surface area contributed by atoms with E-state index in [1.165, 1.54) is 6.42 Å². The molecule has 0 radical (unpaired) electrons. The Kier molecular flexibility index (Phi) is 6.50. The van der Waals surface area contributed by atoms with Gasteiger partial charge in [-0.1, -0.05) is 49.4 Å². The summed E-state index contributed by atoms with van der Waals surface area (Å²) >= 11 is 0. The third kappa shape index (κ3) is 5.31. The summed E-state index contributed by atoms with van der Waals surface area (Å²) in [6.45, 7) is 9.83. The molecule has 0 spiro atoms. The number of hydrogen-bond acceptors (Lipinski definition) is 4. The molecule has 1 unspecified atom stereocenters. The van der Waals surface area contributed by atoms with E-state index in [0.29, 0.717) is 18.9 Å². The molecule has 1 aliphatic heterocycles. The fourth-order valence-corrected chi connectivity index (χ4v) is 3.96. The maximum atomic E-state index is 13.0. The van der Waals surface area contributed by atoms with E-state index in [4.69, 9.17) is 9.47 Å². The summed E-state index contributed by atoms with van der Waals surface area (Å²) in [4.78, 5) is 27.1. The summed E-state index contributed by atoms with van der Waals surface area (Å²) in [6.07, 6.45) is 4.57. The van der Waals surface area contributed by atoms with Gasteiger partial charge in [-0.25, -0.2) is 9.59 Å². The highest BCUT2D eigenvalue weighted by atomic mass is 16.6. The number of carbonyl (C=O) groups is 2. The highest BCUT2D eigenvalue weighted by molar-refractivity contribution is 5.71. The lowest BCUT2D eigenvalue weighted by atomic mass is 9.81. The van der Waals surface area contributed by atoms with Crippen LogP contribution in [-0.4, -0.2) is 41.4 Å². The lowest BCUT2D eigenvalue weighted by Crippen LogP contribution is -2.44. The molecule has 1 saturated heterocycles. The zero-order valence-electron chi connectivity index (χ0n) is 17.6. The molecule has 3 atom stereocenters. The van der Waals surface area contributed by atoms with Crippen LogP contribution in [0.4, 0.5) is 9.59 Å². The van der Waals surface area contributed by atoms with Crippen molar-refractivity contribution in [2.75, 3.05) is 6.54 Å². The van der Waals surface area contributed by atoms with E-state index >= 15 is 0 Å². The molecule has 0 bridgehead atoms. The molecule has 6 nitrogen and oxygen atoms in total. The van der Waals surface area contributed by atoms with Crippen LogP contribution >= 0.6 is 0 Å². The van der Waals surface area contributed by atoms with Crippen LogP contribution in [0.15, 0.2) is 43.0 Å². The van der Waals surface area contributed by atoms with Crippen molar-refractivity contribution in [2.24, 2.45) is 5.92 Å². The Morgan fingerprint density at radius 3 is 2.45 bits per heavy atom. The van der Waals surface area contributed by atoms with Gasteiger partial charge in [-0.3, -0.25) is 4.90 Å². The van der Waals surface area contributed by atoms with Crippen LogP contribution in [0.2, 0.25) is 0 Å². The average molecular weight is 401 g/mol. The second-order valence-electron chi connectivity index (χ2n) is 8.87. The third-order valence-electron chi connectivity index (χ3n) is 5.56. The lowest BCUT2D eigenvalue weighted by Gasteiger charge is -2.34. The quantitative estimate of drug-likeness (QED) is 0.720. The Morgan fingerprint density at radius 1 is 1.21 bits per heavy atom. The Morgan fingerprint density at radius 2 is 1.90 bits per heavy atom. The number of carbonyl (C=O) groups excluding carboxylic acids is 2. The molecule has 29 heavy (non-hydrogen) atoms. The number of nitrogens with one attached hydrogen (secondary N) is 1. The molecule has 158 valence electrons. The number of ether oxygens (including phenoxy) is 2. The van der Waals surface area contributed by atoms with Gasteiger partial charge in [0.05, 0.1) is 12.1 Å². The molecule has 2 fully saturated rings. The van der Waals surface area contributed by atoms with Gasteiger partial charge < -0.3 is 14.8 Å². The highest BCUT2D eigenvalue weighted by Crippen LogP contribution is 2.36.